The van der Waals surface area contributed by atoms with Gasteiger partial charge < -0.3 is 5.73 Å². The number of primary amides is 1. The molecule has 74 valence electrons. The normalized spacial score (nSPS) is 12.1. The Kier molecular flexibility index (Phi) is 3.71. The molecule has 0 saturated heterocycles. The van der Waals surface area contributed by atoms with Gasteiger partial charge in [0.05, 0.1) is 0 Å². The zero-order chi connectivity index (χ0) is 10.6. The molecule has 1 rings (SSSR count). The third-order valence-electron chi connectivity index (χ3n) is 2.06. The van der Waals surface area contributed by atoms with Crippen molar-refractivity contribution in [3.05, 3.63) is 35.4 Å². The minimum atomic E-state index is -0.479. The van der Waals surface area contributed by atoms with E-state index in [4.69, 9.17) is 5.73 Å². The van der Waals surface area contributed by atoms with E-state index in [1.54, 1.807) is 24.3 Å². The first-order chi connectivity index (χ1) is 6.70. The Balaban J connectivity index is 3.18. The predicted molar refractivity (Wildman–Crippen MR) is 56.0 cm³/mol. The maximum atomic E-state index is 11.1. The van der Waals surface area contributed by atoms with Gasteiger partial charge in [-0.25, -0.2) is 0 Å². The average molecular weight is 210 g/mol. The molecule has 4 heteroatoms. The SMILES string of the molecule is CCC([S+]=O)c1ccccc1C(N)=O. The van der Waals surface area contributed by atoms with Gasteiger partial charge in [0.15, 0.2) is 0 Å². The summed E-state index contributed by atoms with van der Waals surface area (Å²) in [5, 5.41) is -0.196. The third-order valence-corrected chi connectivity index (χ3v) is 2.88. The average Bonchev–Trinajstić information content (AvgIpc) is 2.20. The minimum absolute atomic E-state index is 0.196. The highest BCUT2D eigenvalue weighted by Gasteiger charge is 2.25. The fourth-order valence-corrected chi connectivity index (χ4v) is 1.79. The lowest BCUT2D eigenvalue weighted by Crippen LogP contribution is -2.15. The number of hydrogen-bond acceptors (Lipinski definition) is 2. The summed E-state index contributed by atoms with van der Waals surface area (Å²) in [6.45, 7) is 1.91. The largest absolute Gasteiger partial charge is 0.467 e. The van der Waals surface area contributed by atoms with E-state index in [9.17, 15) is 9.00 Å². The number of nitrogens with two attached hydrogens (primary N) is 1. The Morgan fingerprint density at radius 1 is 1.50 bits per heavy atom. The van der Waals surface area contributed by atoms with Crippen LogP contribution in [0.15, 0.2) is 24.3 Å². The van der Waals surface area contributed by atoms with Gasteiger partial charge in [-0.3, -0.25) is 4.79 Å². The van der Waals surface area contributed by atoms with Gasteiger partial charge in [0.2, 0.25) is 5.91 Å². The van der Waals surface area contributed by atoms with E-state index in [2.05, 4.69) is 0 Å². The Labute approximate surface area is 86.8 Å². The van der Waals surface area contributed by atoms with Crippen LogP contribution in [-0.4, -0.2) is 5.91 Å². The molecule has 0 aromatic heterocycles. The number of hydrogen-bond donors (Lipinski definition) is 1. The molecule has 0 aliphatic carbocycles. The van der Waals surface area contributed by atoms with E-state index in [0.29, 0.717) is 23.7 Å². The fraction of sp³-hybridized carbons (Fsp3) is 0.300. The molecule has 1 aromatic carbocycles. The third kappa shape index (κ3) is 2.14. The minimum Gasteiger partial charge on any atom is -0.366 e. The first kappa shape index (κ1) is 10.8. The Morgan fingerprint density at radius 2 is 2.14 bits per heavy atom. The second-order valence-corrected chi connectivity index (χ2v) is 3.71. The van der Waals surface area contributed by atoms with Crippen LogP contribution in [0.3, 0.4) is 0 Å². The van der Waals surface area contributed by atoms with Crippen LogP contribution in [0.4, 0.5) is 0 Å². The van der Waals surface area contributed by atoms with Crippen LogP contribution in [0.5, 0.6) is 0 Å². The maximum absolute atomic E-state index is 11.1. The molecule has 0 aliphatic heterocycles. The first-order valence-corrected chi connectivity index (χ1v) is 5.18. The number of carbonyl (C=O) groups is 1. The van der Waals surface area contributed by atoms with Crippen LogP contribution in [0.25, 0.3) is 0 Å². The van der Waals surface area contributed by atoms with Gasteiger partial charge in [0.1, 0.15) is 0 Å². The lowest BCUT2D eigenvalue weighted by atomic mass is 10.0. The molecule has 3 nitrogen and oxygen atoms in total. The topological polar surface area (TPSA) is 60.2 Å². The van der Waals surface area contributed by atoms with E-state index < -0.39 is 5.91 Å². The van der Waals surface area contributed by atoms with Crippen molar-refractivity contribution >= 4 is 17.6 Å². The summed E-state index contributed by atoms with van der Waals surface area (Å²) in [6.07, 6.45) is 0.693. The second-order valence-electron chi connectivity index (χ2n) is 2.94. The van der Waals surface area contributed by atoms with Crippen molar-refractivity contribution in [2.75, 3.05) is 0 Å². The molecule has 1 aromatic rings. The van der Waals surface area contributed by atoms with E-state index in [1.807, 2.05) is 6.92 Å². The van der Waals surface area contributed by atoms with Gasteiger partial charge in [0, 0.05) is 21.8 Å². The van der Waals surface area contributed by atoms with Gasteiger partial charge >= 0.3 is 11.7 Å². The molecule has 0 radical (unpaired) electrons. The highest BCUT2D eigenvalue weighted by atomic mass is 32.1. The summed E-state index contributed by atoms with van der Waals surface area (Å²) < 4.78 is 10.8. The fourth-order valence-electron chi connectivity index (χ4n) is 1.34. The highest BCUT2D eigenvalue weighted by Crippen LogP contribution is 2.22. The Morgan fingerprint density at radius 3 is 2.64 bits per heavy atom. The number of carbonyl (C=O) groups excluding carboxylic acids is 1. The smallest absolute Gasteiger partial charge is 0.366 e. The lowest BCUT2D eigenvalue weighted by Gasteiger charge is -2.03. The molecule has 0 aliphatic rings. The van der Waals surface area contributed by atoms with Crippen molar-refractivity contribution in [2.24, 2.45) is 5.73 Å². The van der Waals surface area contributed by atoms with Gasteiger partial charge in [-0.15, -0.1) is 0 Å². The van der Waals surface area contributed by atoms with Gasteiger partial charge in [0.25, 0.3) is 5.25 Å². The second kappa shape index (κ2) is 4.81. The van der Waals surface area contributed by atoms with E-state index >= 15 is 0 Å². The molecule has 0 spiro atoms. The zero-order valence-electron chi connectivity index (χ0n) is 7.90. The van der Waals surface area contributed by atoms with Gasteiger partial charge in [-0.2, -0.15) is 0 Å². The van der Waals surface area contributed by atoms with E-state index in [1.165, 1.54) is 0 Å². The summed E-state index contributed by atoms with van der Waals surface area (Å²) in [5.74, 6) is -0.479. The van der Waals surface area contributed by atoms with Crippen LogP contribution in [0.2, 0.25) is 0 Å². The summed E-state index contributed by atoms with van der Waals surface area (Å²) in [6, 6.07) is 6.97. The van der Waals surface area contributed by atoms with Crippen molar-refractivity contribution in [1.29, 1.82) is 0 Å². The van der Waals surface area contributed by atoms with Crippen LogP contribution in [0, 0.1) is 0 Å². The van der Waals surface area contributed by atoms with Crippen LogP contribution < -0.4 is 5.73 Å². The van der Waals surface area contributed by atoms with E-state index in [-0.39, 0.29) is 5.25 Å². The molecule has 1 unspecified atom stereocenters. The number of amides is 1. The summed E-state index contributed by atoms with van der Waals surface area (Å²) in [5.41, 5.74) is 6.40. The van der Waals surface area contributed by atoms with Crippen molar-refractivity contribution < 1.29 is 9.00 Å². The zero-order valence-corrected chi connectivity index (χ0v) is 8.71. The van der Waals surface area contributed by atoms with Crippen LogP contribution in [0.1, 0.15) is 34.5 Å². The van der Waals surface area contributed by atoms with E-state index in [0.717, 1.165) is 5.56 Å². The molecule has 0 heterocycles. The Bertz CT molecular complexity index is 352. The van der Waals surface area contributed by atoms with Crippen molar-refractivity contribution in [3.63, 3.8) is 0 Å². The standard InChI is InChI=1S/C10H11NO2S/c1-2-9(14-13)7-5-3-4-6-8(7)10(11)12/h3-6,9H,2H2,1H3,(H-,11,12)/p+1. The van der Waals surface area contributed by atoms with Crippen molar-refractivity contribution in [3.8, 4) is 0 Å². The van der Waals surface area contributed by atoms with Gasteiger partial charge in [-0.05, 0) is 6.07 Å². The molecule has 0 saturated carbocycles. The lowest BCUT2D eigenvalue weighted by molar-refractivity contribution is 0.0999. The summed E-state index contributed by atoms with van der Waals surface area (Å²) >= 11 is 0.497. The van der Waals surface area contributed by atoms with Crippen LogP contribution >= 0.6 is 0 Å². The predicted octanol–water partition coefficient (Wildman–Crippen LogP) is 1.66. The molecular formula is C10H12NO2S+. The maximum Gasteiger partial charge on any atom is 0.467 e. The molecule has 14 heavy (non-hydrogen) atoms. The number of rotatable bonds is 4. The molecular weight excluding hydrogens is 198 g/mol. The summed E-state index contributed by atoms with van der Waals surface area (Å²) in [4.78, 5) is 11.1. The molecule has 0 bridgehead atoms. The van der Waals surface area contributed by atoms with Crippen LogP contribution in [-0.2, 0) is 15.9 Å². The molecule has 1 amide bonds. The molecule has 0 fully saturated rings. The number of benzene rings is 1. The molecule has 2 N–H and O–H groups in total. The quantitative estimate of drug-likeness (QED) is 0.768. The monoisotopic (exact) mass is 210 g/mol. The van der Waals surface area contributed by atoms with Gasteiger partial charge in [-0.1, -0.05) is 25.1 Å². The Hall–Kier alpha value is -1.29. The highest BCUT2D eigenvalue weighted by molar-refractivity contribution is 7.65. The van der Waals surface area contributed by atoms with Crippen molar-refractivity contribution in [2.45, 2.75) is 18.6 Å². The molecule has 1 atom stereocenters. The first-order valence-electron chi connectivity index (χ1n) is 4.38. The van der Waals surface area contributed by atoms with Crippen molar-refractivity contribution in [1.82, 2.24) is 0 Å². The summed E-state index contributed by atoms with van der Waals surface area (Å²) in [7, 11) is 0.